The molecule has 13 heteroatoms. The Bertz CT molecular complexity index is 726. The summed E-state index contributed by atoms with van der Waals surface area (Å²) in [5.41, 5.74) is -2.10. The monoisotopic (exact) mass is 428 g/mol. The van der Waals surface area contributed by atoms with Crippen LogP contribution in [-0.4, -0.2) is 69.6 Å². The van der Waals surface area contributed by atoms with E-state index in [0.29, 0.717) is 0 Å². The maximum absolute atomic E-state index is 12.6. The molecule has 0 aromatic carbocycles. The molecule has 0 saturated carbocycles. The van der Waals surface area contributed by atoms with E-state index in [-0.39, 0.29) is 23.6 Å². The first-order chi connectivity index (χ1) is 12.4. The number of alkyl halides is 3. The topological polar surface area (TPSA) is 105 Å². The van der Waals surface area contributed by atoms with Crippen molar-refractivity contribution in [3.05, 3.63) is 11.3 Å². The van der Waals surface area contributed by atoms with Gasteiger partial charge in [-0.05, 0) is 0 Å². The van der Waals surface area contributed by atoms with Crippen LogP contribution in [0.2, 0.25) is 0 Å². The molecule has 0 unspecified atom stereocenters. The Morgan fingerprint density at radius 2 is 2.11 bits per heavy atom. The molecule has 150 valence electrons. The lowest BCUT2D eigenvalue weighted by molar-refractivity contribution is -0.187. The van der Waals surface area contributed by atoms with E-state index < -0.39 is 46.5 Å². The zero-order valence-corrected chi connectivity index (χ0v) is 15.7. The van der Waals surface area contributed by atoms with E-state index in [1.165, 1.54) is 0 Å². The molecular weight excluding hydrogens is 413 g/mol. The van der Waals surface area contributed by atoms with E-state index in [1.54, 1.807) is 0 Å². The zero-order valence-electron chi connectivity index (χ0n) is 14.1. The molecule has 2 aliphatic heterocycles. The maximum atomic E-state index is 12.6. The normalized spacial score (nSPS) is 24.9. The van der Waals surface area contributed by atoms with Crippen LogP contribution < -0.4 is 5.32 Å². The summed E-state index contributed by atoms with van der Waals surface area (Å²) in [5.74, 6) is -2.88. The number of carbonyl (C=O) groups is 3. The van der Waals surface area contributed by atoms with Crippen molar-refractivity contribution >= 4 is 46.8 Å². The molecule has 0 aromatic heterocycles. The SMILES string of the molecule is CO[C@@]1(NC(=S)CC(F)(F)F)C(=O)N2C(C(=O)O)=C(COC(C)=O)CS[C@H]21. The molecule has 0 radical (unpaired) electrons. The summed E-state index contributed by atoms with van der Waals surface area (Å²) < 4.78 is 47.5. The first kappa shape index (κ1) is 21.4. The molecule has 0 aromatic rings. The number of nitrogens with zero attached hydrogens (tertiary/aromatic N) is 1. The van der Waals surface area contributed by atoms with Gasteiger partial charge >= 0.3 is 18.1 Å². The number of ether oxygens (including phenoxy) is 2. The molecule has 2 rings (SSSR count). The molecule has 2 N–H and O–H groups in total. The van der Waals surface area contributed by atoms with Crippen LogP contribution in [0, 0.1) is 0 Å². The fourth-order valence-electron chi connectivity index (χ4n) is 2.68. The summed E-state index contributed by atoms with van der Waals surface area (Å²) in [7, 11) is 1.11. The molecule has 1 amide bonds. The van der Waals surface area contributed by atoms with Gasteiger partial charge in [0.15, 0.2) is 0 Å². The number of nitrogens with one attached hydrogen (secondary N) is 1. The number of thiocarbonyl (C=S) groups is 1. The highest BCUT2D eigenvalue weighted by Crippen LogP contribution is 2.46. The highest BCUT2D eigenvalue weighted by atomic mass is 32.2. The first-order valence-electron chi connectivity index (χ1n) is 7.39. The largest absolute Gasteiger partial charge is 0.477 e. The van der Waals surface area contributed by atoms with Crippen LogP contribution in [0.1, 0.15) is 13.3 Å². The predicted molar refractivity (Wildman–Crippen MR) is 90.5 cm³/mol. The number of carboxylic acid groups (broad SMARTS) is 1. The van der Waals surface area contributed by atoms with Gasteiger partial charge in [0, 0.05) is 25.4 Å². The van der Waals surface area contributed by atoms with Crippen molar-refractivity contribution in [1.82, 2.24) is 10.2 Å². The Morgan fingerprint density at radius 3 is 2.59 bits per heavy atom. The molecule has 8 nitrogen and oxygen atoms in total. The second kappa shape index (κ2) is 7.64. The van der Waals surface area contributed by atoms with Crippen LogP contribution in [0.5, 0.6) is 0 Å². The van der Waals surface area contributed by atoms with Crippen molar-refractivity contribution < 1.29 is 42.1 Å². The Labute approximate surface area is 161 Å². The highest BCUT2D eigenvalue weighted by Gasteiger charge is 2.66. The van der Waals surface area contributed by atoms with Crippen molar-refractivity contribution in [2.45, 2.75) is 30.6 Å². The number of hydrogen-bond acceptors (Lipinski definition) is 7. The van der Waals surface area contributed by atoms with E-state index in [2.05, 4.69) is 17.5 Å². The lowest BCUT2D eigenvalue weighted by Crippen LogP contribution is -2.80. The average molecular weight is 428 g/mol. The van der Waals surface area contributed by atoms with E-state index in [1.807, 2.05) is 0 Å². The smallest absolute Gasteiger partial charge is 0.395 e. The molecule has 0 spiro atoms. The first-order valence-corrected chi connectivity index (χ1v) is 8.85. The van der Waals surface area contributed by atoms with Crippen molar-refractivity contribution in [1.29, 1.82) is 0 Å². The minimum atomic E-state index is -4.57. The number of halogens is 3. The van der Waals surface area contributed by atoms with Gasteiger partial charge in [-0.3, -0.25) is 14.5 Å². The molecule has 27 heavy (non-hydrogen) atoms. The van der Waals surface area contributed by atoms with Crippen LogP contribution in [0.15, 0.2) is 11.3 Å². The molecule has 1 saturated heterocycles. The standard InChI is InChI=1S/C14H15F3N2O6S2/c1-6(20)25-4-7-5-27-12-14(24-2,18-8(26)3-13(15,16)17)11(23)19(12)9(7)10(21)22/h12H,3-5H2,1-2H3,(H,18,26)(H,21,22)/t12-,14-/m0/s1. The van der Waals surface area contributed by atoms with Crippen molar-refractivity contribution in [3.63, 3.8) is 0 Å². The Morgan fingerprint density at radius 1 is 1.48 bits per heavy atom. The van der Waals surface area contributed by atoms with Crippen LogP contribution in [-0.2, 0) is 23.9 Å². The number of carboxylic acids is 1. The molecule has 2 heterocycles. The second-order valence-corrected chi connectivity index (χ2v) is 7.22. The molecule has 0 bridgehead atoms. The fraction of sp³-hybridized carbons (Fsp3) is 0.571. The summed E-state index contributed by atoms with van der Waals surface area (Å²) >= 11 is 5.71. The quantitative estimate of drug-likeness (QED) is 0.278. The third-order valence-electron chi connectivity index (χ3n) is 3.77. The number of fused-ring (bicyclic) bond motifs is 1. The van der Waals surface area contributed by atoms with E-state index in [0.717, 1.165) is 30.7 Å². The molecule has 2 aliphatic rings. The molecule has 0 aliphatic carbocycles. The number of aliphatic carboxylic acids is 1. The summed E-state index contributed by atoms with van der Waals surface area (Å²) in [4.78, 5) is 35.4. The Hall–Kier alpha value is -1.86. The minimum Gasteiger partial charge on any atom is -0.477 e. The second-order valence-electron chi connectivity index (χ2n) is 5.66. The van der Waals surface area contributed by atoms with Gasteiger partial charge in [-0.15, -0.1) is 11.8 Å². The van der Waals surface area contributed by atoms with Gasteiger partial charge < -0.3 is 19.9 Å². The van der Waals surface area contributed by atoms with Gasteiger partial charge in [-0.25, -0.2) is 4.79 Å². The van der Waals surface area contributed by atoms with E-state index in [9.17, 15) is 32.7 Å². The van der Waals surface area contributed by atoms with Crippen LogP contribution in [0.25, 0.3) is 0 Å². The highest BCUT2D eigenvalue weighted by molar-refractivity contribution is 8.00. The predicted octanol–water partition coefficient (Wildman–Crippen LogP) is 1.02. The molecule has 2 atom stereocenters. The van der Waals surface area contributed by atoms with Crippen molar-refractivity contribution in [2.24, 2.45) is 0 Å². The summed E-state index contributed by atoms with van der Waals surface area (Å²) in [6.07, 6.45) is -6.02. The van der Waals surface area contributed by atoms with Gasteiger partial charge in [0.1, 0.15) is 17.7 Å². The van der Waals surface area contributed by atoms with Gasteiger partial charge in [-0.2, -0.15) is 13.2 Å². The maximum Gasteiger partial charge on any atom is 0.395 e. The van der Waals surface area contributed by atoms with E-state index >= 15 is 0 Å². The van der Waals surface area contributed by atoms with Gasteiger partial charge in [0.05, 0.1) is 11.4 Å². The number of rotatable bonds is 6. The van der Waals surface area contributed by atoms with Crippen LogP contribution >= 0.6 is 24.0 Å². The zero-order chi connectivity index (χ0) is 20.6. The fourth-order valence-corrected chi connectivity index (χ4v) is 4.41. The Kier molecular flexibility index (Phi) is 6.06. The summed E-state index contributed by atoms with van der Waals surface area (Å²) in [6, 6.07) is 0. The number of carbonyl (C=O) groups excluding carboxylic acids is 2. The van der Waals surface area contributed by atoms with Gasteiger partial charge in [0.2, 0.25) is 0 Å². The number of esters is 1. The lowest BCUT2D eigenvalue weighted by Gasteiger charge is -2.56. The van der Waals surface area contributed by atoms with Gasteiger partial charge in [0.25, 0.3) is 11.6 Å². The van der Waals surface area contributed by atoms with Crippen LogP contribution in [0.4, 0.5) is 13.2 Å². The number of amides is 1. The van der Waals surface area contributed by atoms with Crippen LogP contribution in [0.3, 0.4) is 0 Å². The molecule has 1 fully saturated rings. The minimum absolute atomic E-state index is 0.0716. The average Bonchev–Trinajstić information content (AvgIpc) is 2.54. The van der Waals surface area contributed by atoms with Gasteiger partial charge in [-0.1, -0.05) is 12.2 Å². The number of β-lactam (4-membered cyclic amide) rings is 1. The number of thioether (sulfide) groups is 1. The summed E-state index contributed by atoms with van der Waals surface area (Å²) in [6.45, 7) is 0.830. The third kappa shape index (κ3) is 4.19. The lowest BCUT2D eigenvalue weighted by atomic mass is 9.98. The third-order valence-corrected chi connectivity index (χ3v) is 5.39. The summed E-state index contributed by atoms with van der Waals surface area (Å²) in [5, 5.41) is 10.8. The number of hydrogen-bond donors (Lipinski definition) is 2. The van der Waals surface area contributed by atoms with Crippen molar-refractivity contribution in [2.75, 3.05) is 19.5 Å². The van der Waals surface area contributed by atoms with E-state index in [4.69, 9.17) is 9.47 Å². The number of methoxy groups -OCH3 is 1. The Balaban J connectivity index is 2.27. The molecular formula is C14H15F3N2O6S2. The van der Waals surface area contributed by atoms with Crippen molar-refractivity contribution in [3.8, 4) is 0 Å².